The van der Waals surface area contributed by atoms with Crippen LogP contribution >= 0.6 is 0 Å². The second-order valence-corrected chi connectivity index (χ2v) is 3.12. The zero-order chi connectivity index (χ0) is 8.97. The van der Waals surface area contributed by atoms with Crippen molar-refractivity contribution in [2.75, 3.05) is 6.61 Å². The Morgan fingerprint density at radius 3 is 2.75 bits per heavy atom. The summed E-state index contributed by atoms with van der Waals surface area (Å²) in [6, 6.07) is 0. The van der Waals surface area contributed by atoms with E-state index in [0.717, 1.165) is 19.3 Å². The molecule has 0 aliphatic heterocycles. The van der Waals surface area contributed by atoms with E-state index >= 15 is 0 Å². The summed E-state index contributed by atoms with van der Waals surface area (Å²) in [6.45, 7) is 0.300. The molecule has 0 amide bonds. The Kier molecular flexibility index (Phi) is 3.29. The second-order valence-electron chi connectivity index (χ2n) is 3.12. The molecule has 0 aliphatic rings. The molecule has 0 aliphatic carbocycles. The summed E-state index contributed by atoms with van der Waals surface area (Å²) in [7, 11) is 4.10. The molecule has 1 heterocycles. The van der Waals surface area contributed by atoms with Crippen LogP contribution in [0.15, 0.2) is 12.4 Å². The van der Waals surface area contributed by atoms with Crippen molar-refractivity contribution in [2.24, 2.45) is 14.1 Å². The van der Waals surface area contributed by atoms with E-state index in [4.69, 9.17) is 5.11 Å². The summed E-state index contributed by atoms with van der Waals surface area (Å²) >= 11 is 0. The first-order valence-electron chi connectivity index (χ1n) is 4.36. The quantitative estimate of drug-likeness (QED) is 0.505. The number of hydrogen-bond donors (Lipinski definition) is 1. The molecule has 0 aromatic carbocycles. The number of nitrogens with zero attached hydrogens (tertiary/aromatic N) is 2. The maximum absolute atomic E-state index is 8.62. The first kappa shape index (κ1) is 9.26. The fraction of sp³-hybridized carbons (Fsp3) is 0.667. The van der Waals surface area contributed by atoms with Gasteiger partial charge in [-0.05, 0) is 12.8 Å². The molecule has 0 saturated carbocycles. The minimum Gasteiger partial charge on any atom is -0.396 e. The molecule has 68 valence electrons. The highest BCUT2D eigenvalue weighted by Gasteiger charge is 2.09. The maximum Gasteiger partial charge on any atom is 0.255 e. The van der Waals surface area contributed by atoms with Crippen LogP contribution in [0.5, 0.6) is 0 Å². The Morgan fingerprint density at radius 1 is 1.50 bits per heavy atom. The van der Waals surface area contributed by atoms with Crippen molar-refractivity contribution in [1.29, 1.82) is 0 Å². The van der Waals surface area contributed by atoms with E-state index < -0.39 is 0 Å². The average Bonchev–Trinajstić information content (AvgIpc) is 2.35. The highest BCUT2D eigenvalue weighted by molar-refractivity contribution is 4.81. The second kappa shape index (κ2) is 4.26. The summed E-state index contributed by atoms with van der Waals surface area (Å²) < 4.78 is 4.24. The van der Waals surface area contributed by atoms with Crippen molar-refractivity contribution < 1.29 is 9.67 Å². The lowest BCUT2D eigenvalue weighted by Crippen LogP contribution is -2.31. The van der Waals surface area contributed by atoms with Crippen LogP contribution in [-0.2, 0) is 20.5 Å². The fourth-order valence-electron chi connectivity index (χ4n) is 1.37. The number of imidazole rings is 1. The fourth-order valence-corrected chi connectivity index (χ4v) is 1.37. The average molecular weight is 169 g/mol. The van der Waals surface area contributed by atoms with Gasteiger partial charge in [-0.15, -0.1) is 0 Å². The Hall–Kier alpha value is -0.830. The molecular weight excluding hydrogens is 152 g/mol. The topological polar surface area (TPSA) is 29.0 Å². The van der Waals surface area contributed by atoms with Crippen LogP contribution in [0.4, 0.5) is 0 Å². The van der Waals surface area contributed by atoms with Gasteiger partial charge in [0.1, 0.15) is 12.4 Å². The molecule has 12 heavy (non-hydrogen) atoms. The minimum absolute atomic E-state index is 0.300. The lowest BCUT2D eigenvalue weighted by molar-refractivity contribution is -0.678. The van der Waals surface area contributed by atoms with Gasteiger partial charge in [0.25, 0.3) is 5.82 Å². The molecule has 1 aromatic rings. The van der Waals surface area contributed by atoms with Gasteiger partial charge < -0.3 is 5.11 Å². The number of hydrogen-bond acceptors (Lipinski definition) is 1. The SMILES string of the molecule is Cn1cc[n+](C)c1CCCCO. The van der Waals surface area contributed by atoms with E-state index in [1.165, 1.54) is 5.82 Å². The van der Waals surface area contributed by atoms with Crippen LogP contribution in [0.25, 0.3) is 0 Å². The standard InChI is InChI=1S/C9H17N2O/c1-10-6-7-11(2)9(10)5-3-4-8-12/h6-7,12H,3-5,8H2,1-2H3/q+1. The van der Waals surface area contributed by atoms with E-state index in [-0.39, 0.29) is 0 Å². The van der Waals surface area contributed by atoms with Gasteiger partial charge in [-0.1, -0.05) is 0 Å². The van der Waals surface area contributed by atoms with Gasteiger partial charge in [0.2, 0.25) is 0 Å². The van der Waals surface area contributed by atoms with Crippen molar-refractivity contribution in [3.63, 3.8) is 0 Å². The van der Waals surface area contributed by atoms with E-state index in [2.05, 4.69) is 9.13 Å². The first-order valence-corrected chi connectivity index (χ1v) is 4.36. The number of aliphatic hydroxyl groups excluding tert-OH is 1. The third-order valence-corrected chi connectivity index (χ3v) is 2.14. The molecule has 3 heteroatoms. The number of aryl methyl sites for hydroxylation is 2. The van der Waals surface area contributed by atoms with Crippen molar-refractivity contribution in [2.45, 2.75) is 19.3 Å². The van der Waals surface area contributed by atoms with Crippen LogP contribution in [0.2, 0.25) is 0 Å². The number of aromatic nitrogens is 2. The molecule has 0 radical (unpaired) electrons. The summed E-state index contributed by atoms with van der Waals surface area (Å²) in [5, 5.41) is 8.62. The molecule has 0 bridgehead atoms. The molecule has 0 fully saturated rings. The van der Waals surface area contributed by atoms with Crippen molar-refractivity contribution in [3.8, 4) is 0 Å². The summed E-state index contributed by atoms with van der Waals surface area (Å²) in [5.41, 5.74) is 0. The van der Waals surface area contributed by atoms with Gasteiger partial charge in [-0.25, -0.2) is 9.13 Å². The third kappa shape index (κ3) is 2.08. The Morgan fingerprint density at radius 2 is 2.25 bits per heavy atom. The molecule has 1 N–H and O–H groups in total. The van der Waals surface area contributed by atoms with Crippen LogP contribution in [0.3, 0.4) is 0 Å². The third-order valence-electron chi connectivity index (χ3n) is 2.14. The first-order chi connectivity index (χ1) is 5.75. The predicted octanol–water partition coefficient (Wildman–Crippen LogP) is 0.165. The minimum atomic E-state index is 0.300. The molecule has 0 saturated heterocycles. The normalized spacial score (nSPS) is 10.6. The van der Waals surface area contributed by atoms with Gasteiger partial charge in [0.05, 0.1) is 14.1 Å². The Bertz CT molecular complexity index is 223. The lowest BCUT2D eigenvalue weighted by Gasteiger charge is -1.97. The van der Waals surface area contributed by atoms with Gasteiger partial charge in [-0.2, -0.15) is 0 Å². The molecular formula is C9H17N2O+. The van der Waals surface area contributed by atoms with Crippen LogP contribution in [0, 0.1) is 0 Å². The highest BCUT2D eigenvalue weighted by Crippen LogP contribution is 1.98. The smallest absolute Gasteiger partial charge is 0.255 e. The summed E-state index contributed by atoms with van der Waals surface area (Å²) in [6.07, 6.45) is 7.09. The largest absolute Gasteiger partial charge is 0.396 e. The number of aliphatic hydroxyl groups is 1. The number of unbranched alkanes of at least 4 members (excludes halogenated alkanes) is 1. The predicted molar refractivity (Wildman–Crippen MR) is 46.6 cm³/mol. The molecule has 0 unspecified atom stereocenters. The van der Waals surface area contributed by atoms with Gasteiger partial charge in [-0.3, -0.25) is 0 Å². The summed E-state index contributed by atoms with van der Waals surface area (Å²) in [4.78, 5) is 0. The molecule has 1 aromatic heterocycles. The van der Waals surface area contributed by atoms with Crippen LogP contribution in [0.1, 0.15) is 18.7 Å². The zero-order valence-electron chi connectivity index (χ0n) is 7.82. The molecule has 0 spiro atoms. The van der Waals surface area contributed by atoms with E-state index in [1.54, 1.807) is 0 Å². The molecule has 3 nitrogen and oxygen atoms in total. The lowest BCUT2D eigenvalue weighted by atomic mass is 10.2. The van der Waals surface area contributed by atoms with Gasteiger partial charge in [0, 0.05) is 13.0 Å². The Balaban J connectivity index is 2.50. The molecule has 0 atom stereocenters. The van der Waals surface area contributed by atoms with E-state index in [0.29, 0.717) is 6.61 Å². The van der Waals surface area contributed by atoms with Crippen LogP contribution in [-0.4, -0.2) is 16.3 Å². The van der Waals surface area contributed by atoms with Crippen molar-refractivity contribution in [3.05, 3.63) is 18.2 Å². The van der Waals surface area contributed by atoms with Crippen molar-refractivity contribution >= 4 is 0 Å². The van der Waals surface area contributed by atoms with Crippen molar-refractivity contribution in [1.82, 2.24) is 4.57 Å². The number of rotatable bonds is 4. The van der Waals surface area contributed by atoms with Gasteiger partial charge in [0.15, 0.2) is 0 Å². The van der Waals surface area contributed by atoms with E-state index in [1.807, 2.05) is 26.5 Å². The summed E-state index contributed by atoms with van der Waals surface area (Å²) in [5.74, 6) is 1.31. The van der Waals surface area contributed by atoms with Crippen LogP contribution < -0.4 is 4.57 Å². The van der Waals surface area contributed by atoms with Gasteiger partial charge >= 0.3 is 0 Å². The maximum atomic E-state index is 8.62. The monoisotopic (exact) mass is 169 g/mol. The highest BCUT2D eigenvalue weighted by atomic mass is 16.2. The molecule has 1 rings (SSSR count). The van der Waals surface area contributed by atoms with E-state index in [9.17, 15) is 0 Å². The zero-order valence-corrected chi connectivity index (χ0v) is 7.82. The Labute approximate surface area is 73.3 Å².